The van der Waals surface area contributed by atoms with Crippen LogP contribution in [0.3, 0.4) is 0 Å². The number of rotatable bonds is 4. The summed E-state index contributed by atoms with van der Waals surface area (Å²) in [5, 5.41) is 9.62. The lowest BCUT2D eigenvalue weighted by atomic mass is 10.0. The van der Waals surface area contributed by atoms with Gasteiger partial charge in [-0.3, -0.25) is 0 Å². The van der Waals surface area contributed by atoms with E-state index < -0.39 is 21.5 Å². The van der Waals surface area contributed by atoms with Crippen molar-refractivity contribution < 1.29 is 23.1 Å². The molecule has 0 radical (unpaired) electrons. The van der Waals surface area contributed by atoms with E-state index in [0.717, 1.165) is 31.7 Å². The molecule has 1 saturated carbocycles. The number of carbonyl (C=O) groups is 1. The fraction of sp³-hybridized carbons (Fsp3) is 0.500. The summed E-state index contributed by atoms with van der Waals surface area (Å²) in [6.07, 6.45) is 3.55. The first kappa shape index (κ1) is 15.8. The summed E-state index contributed by atoms with van der Waals surface area (Å²) in [6, 6.07) is 3.57. The van der Waals surface area contributed by atoms with Crippen LogP contribution in [0.4, 0.5) is 0 Å². The number of esters is 1. The van der Waals surface area contributed by atoms with Gasteiger partial charge in [0.05, 0.1) is 12.0 Å². The molecule has 0 saturated heterocycles. The van der Waals surface area contributed by atoms with Crippen LogP contribution in [0.5, 0.6) is 5.75 Å². The van der Waals surface area contributed by atoms with Gasteiger partial charge in [-0.05, 0) is 38.0 Å². The van der Waals surface area contributed by atoms with Crippen molar-refractivity contribution in [1.82, 2.24) is 4.72 Å². The highest BCUT2D eigenvalue weighted by atomic mass is 32.2. The van der Waals surface area contributed by atoms with Crippen LogP contribution >= 0.6 is 0 Å². The van der Waals surface area contributed by atoms with Gasteiger partial charge in [-0.1, -0.05) is 12.8 Å². The van der Waals surface area contributed by atoms with Gasteiger partial charge in [-0.15, -0.1) is 0 Å². The molecule has 6 nitrogen and oxygen atoms in total. The maximum atomic E-state index is 12.4. The summed E-state index contributed by atoms with van der Waals surface area (Å²) < 4.78 is 32.1. The Morgan fingerprint density at radius 2 is 1.95 bits per heavy atom. The molecule has 0 spiro atoms. The Morgan fingerprint density at radius 1 is 1.33 bits per heavy atom. The van der Waals surface area contributed by atoms with Crippen molar-refractivity contribution in [3.05, 3.63) is 23.8 Å². The minimum absolute atomic E-state index is 0.0613. The first-order valence-corrected chi connectivity index (χ1v) is 8.21. The van der Waals surface area contributed by atoms with Gasteiger partial charge in [0.25, 0.3) is 0 Å². The molecular weight excluding hydrogens is 294 g/mol. The zero-order valence-corrected chi connectivity index (χ0v) is 12.9. The SMILES string of the molecule is COC(=O)c1cc(S(=O)(=O)NC2(C)CCCC2)ccc1O. The maximum absolute atomic E-state index is 12.4. The number of sulfonamides is 1. The van der Waals surface area contributed by atoms with Crippen molar-refractivity contribution >= 4 is 16.0 Å². The molecule has 0 amide bonds. The smallest absolute Gasteiger partial charge is 0.341 e. The zero-order chi connectivity index (χ0) is 15.7. The number of hydrogen-bond donors (Lipinski definition) is 2. The van der Waals surface area contributed by atoms with Crippen LogP contribution in [0.1, 0.15) is 43.0 Å². The summed E-state index contributed by atoms with van der Waals surface area (Å²) in [5.41, 5.74) is -0.626. The highest BCUT2D eigenvalue weighted by Gasteiger charge is 2.33. The molecule has 21 heavy (non-hydrogen) atoms. The van der Waals surface area contributed by atoms with Gasteiger partial charge >= 0.3 is 5.97 Å². The molecule has 1 aromatic rings. The lowest BCUT2D eigenvalue weighted by molar-refractivity contribution is 0.0597. The first-order valence-electron chi connectivity index (χ1n) is 6.73. The van der Waals surface area contributed by atoms with E-state index in [2.05, 4.69) is 9.46 Å². The summed E-state index contributed by atoms with van der Waals surface area (Å²) in [7, 11) is -2.58. The van der Waals surface area contributed by atoms with Crippen LogP contribution in [-0.2, 0) is 14.8 Å². The molecule has 1 aromatic carbocycles. The predicted molar refractivity (Wildman–Crippen MR) is 76.6 cm³/mol. The molecule has 116 valence electrons. The van der Waals surface area contributed by atoms with Gasteiger partial charge < -0.3 is 9.84 Å². The van der Waals surface area contributed by atoms with Crippen molar-refractivity contribution in [2.24, 2.45) is 0 Å². The molecule has 7 heteroatoms. The summed E-state index contributed by atoms with van der Waals surface area (Å²) in [4.78, 5) is 11.5. The second kappa shape index (κ2) is 5.65. The van der Waals surface area contributed by atoms with Crippen LogP contribution in [0, 0.1) is 0 Å². The van der Waals surface area contributed by atoms with E-state index in [4.69, 9.17) is 0 Å². The number of hydrogen-bond acceptors (Lipinski definition) is 5. The lowest BCUT2D eigenvalue weighted by Crippen LogP contribution is -2.43. The van der Waals surface area contributed by atoms with Gasteiger partial charge in [-0.2, -0.15) is 0 Å². The Bertz CT molecular complexity index is 647. The molecule has 0 atom stereocenters. The number of nitrogens with one attached hydrogen (secondary N) is 1. The van der Waals surface area contributed by atoms with Crippen molar-refractivity contribution in [2.75, 3.05) is 7.11 Å². The van der Waals surface area contributed by atoms with E-state index >= 15 is 0 Å². The van der Waals surface area contributed by atoms with Crippen LogP contribution in [0.15, 0.2) is 23.1 Å². The van der Waals surface area contributed by atoms with E-state index in [-0.39, 0.29) is 16.2 Å². The second-order valence-electron chi connectivity index (χ2n) is 5.54. The largest absolute Gasteiger partial charge is 0.507 e. The fourth-order valence-electron chi connectivity index (χ4n) is 2.60. The van der Waals surface area contributed by atoms with Gasteiger partial charge in [0.2, 0.25) is 10.0 Å². The number of ether oxygens (including phenoxy) is 1. The van der Waals surface area contributed by atoms with Crippen molar-refractivity contribution in [3.63, 3.8) is 0 Å². The van der Waals surface area contributed by atoms with Crippen molar-refractivity contribution in [3.8, 4) is 5.75 Å². The maximum Gasteiger partial charge on any atom is 0.341 e. The first-order chi connectivity index (χ1) is 9.77. The Balaban J connectivity index is 2.34. The highest BCUT2D eigenvalue weighted by Crippen LogP contribution is 2.31. The summed E-state index contributed by atoms with van der Waals surface area (Å²) in [5.74, 6) is -1.09. The zero-order valence-electron chi connectivity index (χ0n) is 12.0. The number of methoxy groups -OCH3 is 1. The van der Waals surface area contributed by atoms with Crippen LogP contribution in [0.2, 0.25) is 0 Å². The molecule has 0 bridgehead atoms. The Kier molecular flexibility index (Phi) is 4.25. The molecule has 1 fully saturated rings. The normalized spacial score (nSPS) is 17.6. The number of benzene rings is 1. The quantitative estimate of drug-likeness (QED) is 0.827. The van der Waals surface area contributed by atoms with Gasteiger partial charge in [0, 0.05) is 5.54 Å². The molecule has 0 heterocycles. The molecule has 2 N–H and O–H groups in total. The second-order valence-corrected chi connectivity index (χ2v) is 7.23. The van der Waals surface area contributed by atoms with E-state index in [1.165, 1.54) is 19.2 Å². The Morgan fingerprint density at radius 3 is 2.52 bits per heavy atom. The van der Waals surface area contributed by atoms with E-state index in [9.17, 15) is 18.3 Å². The third-order valence-electron chi connectivity index (χ3n) is 3.77. The van der Waals surface area contributed by atoms with Crippen LogP contribution < -0.4 is 4.72 Å². The number of carbonyl (C=O) groups excluding carboxylic acids is 1. The number of phenolic OH excluding ortho intramolecular Hbond substituents is 1. The molecule has 0 aromatic heterocycles. The highest BCUT2D eigenvalue weighted by molar-refractivity contribution is 7.89. The van der Waals surface area contributed by atoms with Gasteiger partial charge in [0.1, 0.15) is 11.3 Å². The molecule has 0 unspecified atom stereocenters. The molecular formula is C14H19NO5S. The third-order valence-corrected chi connectivity index (χ3v) is 5.41. The summed E-state index contributed by atoms with van der Waals surface area (Å²) >= 11 is 0. The molecule has 1 aliphatic rings. The van der Waals surface area contributed by atoms with Crippen molar-refractivity contribution in [1.29, 1.82) is 0 Å². The van der Waals surface area contributed by atoms with E-state index in [0.29, 0.717) is 0 Å². The Labute approximate surface area is 124 Å². The van der Waals surface area contributed by atoms with Gasteiger partial charge in [-0.25, -0.2) is 17.9 Å². The van der Waals surface area contributed by atoms with E-state index in [1.54, 1.807) is 0 Å². The average molecular weight is 313 g/mol. The average Bonchev–Trinajstić information content (AvgIpc) is 2.83. The van der Waals surface area contributed by atoms with Gasteiger partial charge in [0.15, 0.2) is 0 Å². The predicted octanol–water partition coefficient (Wildman–Crippen LogP) is 1.79. The number of phenols is 1. The monoisotopic (exact) mass is 313 g/mol. The molecule has 1 aliphatic carbocycles. The fourth-order valence-corrected chi connectivity index (χ4v) is 4.09. The van der Waals surface area contributed by atoms with E-state index in [1.807, 2.05) is 6.92 Å². The minimum atomic E-state index is -3.75. The third kappa shape index (κ3) is 3.36. The Hall–Kier alpha value is -1.60. The molecule has 2 rings (SSSR count). The number of aromatic hydroxyl groups is 1. The van der Waals surface area contributed by atoms with Crippen LogP contribution in [-0.4, -0.2) is 32.1 Å². The molecule has 0 aliphatic heterocycles. The standard InChI is InChI=1S/C14H19NO5S/c1-14(7-3-4-8-14)15-21(18,19)10-5-6-12(16)11(9-10)13(17)20-2/h5-6,9,15-16H,3-4,7-8H2,1-2H3. The van der Waals surface area contributed by atoms with Crippen molar-refractivity contribution in [2.45, 2.75) is 43.0 Å². The topological polar surface area (TPSA) is 92.7 Å². The summed E-state index contributed by atoms with van der Waals surface area (Å²) in [6.45, 7) is 1.87. The lowest BCUT2D eigenvalue weighted by Gasteiger charge is -2.25. The van der Waals surface area contributed by atoms with Crippen LogP contribution in [0.25, 0.3) is 0 Å². The minimum Gasteiger partial charge on any atom is -0.507 e.